The van der Waals surface area contributed by atoms with Crippen LogP contribution in [-0.4, -0.2) is 17.6 Å². The lowest BCUT2D eigenvalue weighted by molar-refractivity contribution is 0.588. The molecule has 0 aromatic carbocycles. The Balaban J connectivity index is 2.26. The lowest BCUT2D eigenvalue weighted by atomic mass is 10.2. The molecule has 14 heavy (non-hydrogen) atoms. The lowest BCUT2D eigenvalue weighted by Crippen LogP contribution is -2.28. The monoisotopic (exact) mass is 189 g/mol. The Bertz CT molecular complexity index is 289. The minimum Gasteiger partial charge on any atom is -0.302 e. The van der Waals surface area contributed by atoms with Crippen LogP contribution in [0.4, 0.5) is 0 Å². The summed E-state index contributed by atoms with van der Waals surface area (Å²) < 4.78 is 0. The van der Waals surface area contributed by atoms with Crippen molar-refractivity contribution in [2.24, 2.45) is 0 Å². The van der Waals surface area contributed by atoms with E-state index in [1.165, 1.54) is 5.56 Å². The summed E-state index contributed by atoms with van der Waals surface area (Å²) in [5, 5.41) is 11.9. The van der Waals surface area contributed by atoms with Crippen molar-refractivity contribution in [3.8, 4) is 6.07 Å². The number of hydrogen-bond acceptors (Lipinski definition) is 3. The summed E-state index contributed by atoms with van der Waals surface area (Å²) in [6.45, 7) is 2.84. The molecule has 0 fully saturated rings. The zero-order chi connectivity index (χ0) is 10.2. The van der Waals surface area contributed by atoms with Crippen molar-refractivity contribution < 1.29 is 0 Å². The van der Waals surface area contributed by atoms with Crippen LogP contribution in [0.15, 0.2) is 24.5 Å². The van der Waals surface area contributed by atoms with E-state index < -0.39 is 0 Å². The van der Waals surface area contributed by atoms with Crippen LogP contribution in [0.3, 0.4) is 0 Å². The first kappa shape index (κ1) is 10.7. The number of pyridine rings is 1. The summed E-state index contributed by atoms with van der Waals surface area (Å²) in [5.41, 5.74) is 1.20. The van der Waals surface area contributed by atoms with Gasteiger partial charge in [0.05, 0.1) is 12.1 Å². The fraction of sp³-hybridized carbons (Fsp3) is 0.455. The molecular weight excluding hydrogens is 174 g/mol. The fourth-order valence-electron chi connectivity index (χ4n) is 1.22. The molecule has 1 N–H and O–H groups in total. The third kappa shape index (κ3) is 3.55. The average Bonchev–Trinajstić information content (AvgIpc) is 2.26. The van der Waals surface area contributed by atoms with E-state index in [-0.39, 0.29) is 6.04 Å². The summed E-state index contributed by atoms with van der Waals surface area (Å²) in [6, 6.07) is 6.16. The molecule has 0 aliphatic carbocycles. The lowest BCUT2D eigenvalue weighted by Gasteiger charge is -2.08. The first-order valence-electron chi connectivity index (χ1n) is 4.88. The van der Waals surface area contributed by atoms with Gasteiger partial charge < -0.3 is 5.32 Å². The highest BCUT2D eigenvalue weighted by Crippen LogP contribution is 1.96. The largest absolute Gasteiger partial charge is 0.302 e. The minimum absolute atomic E-state index is 0.0216. The second-order valence-corrected chi connectivity index (χ2v) is 3.16. The number of rotatable bonds is 5. The molecule has 0 bridgehead atoms. The molecule has 0 saturated carbocycles. The summed E-state index contributed by atoms with van der Waals surface area (Å²) in [6.07, 6.45) is 5.39. The molecular formula is C11H15N3. The Labute approximate surface area is 84.8 Å². The molecule has 1 atom stereocenters. The summed E-state index contributed by atoms with van der Waals surface area (Å²) >= 11 is 0. The molecule has 0 spiro atoms. The van der Waals surface area contributed by atoms with E-state index in [1.807, 2.05) is 25.3 Å². The molecule has 0 saturated heterocycles. The SMILES string of the molecule is CCC(C#N)NCCc1cccnc1. The zero-order valence-electron chi connectivity index (χ0n) is 8.40. The second kappa shape index (κ2) is 6.11. The first-order chi connectivity index (χ1) is 6.86. The second-order valence-electron chi connectivity index (χ2n) is 3.16. The van der Waals surface area contributed by atoms with Crippen molar-refractivity contribution in [2.45, 2.75) is 25.8 Å². The van der Waals surface area contributed by atoms with Crippen molar-refractivity contribution in [1.29, 1.82) is 5.26 Å². The molecule has 0 radical (unpaired) electrons. The Morgan fingerprint density at radius 2 is 2.50 bits per heavy atom. The van der Waals surface area contributed by atoms with E-state index in [2.05, 4.69) is 16.4 Å². The van der Waals surface area contributed by atoms with Gasteiger partial charge in [-0.1, -0.05) is 13.0 Å². The summed E-state index contributed by atoms with van der Waals surface area (Å²) in [5.74, 6) is 0. The van der Waals surface area contributed by atoms with E-state index in [9.17, 15) is 0 Å². The minimum atomic E-state index is -0.0216. The molecule has 1 heterocycles. The predicted octanol–water partition coefficient (Wildman–Crippen LogP) is 1.52. The van der Waals surface area contributed by atoms with Crippen molar-refractivity contribution >= 4 is 0 Å². The smallest absolute Gasteiger partial charge is 0.0950 e. The van der Waals surface area contributed by atoms with Crippen LogP contribution in [-0.2, 0) is 6.42 Å². The van der Waals surface area contributed by atoms with Crippen molar-refractivity contribution in [3.63, 3.8) is 0 Å². The Kier molecular flexibility index (Phi) is 4.66. The van der Waals surface area contributed by atoms with Crippen molar-refractivity contribution in [3.05, 3.63) is 30.1 Å². The van der Waals surface area contributed by atoms with Crippen molar-refractivity contribution in [1.82, 2.24) is 10.3 Å². The number of hydrogen-bond donors (Lipinski definition) is 1. The standard InChI is InChI=1S/C11H15N3/c1-2-11(8-12)14-7-5-10-4-3-6-13-9-10/h3-4,6,9,11,14H,2,5,7H2,1H3. The fourth-order valence-corrected chi connectivity index (χ4v) is 1.22. The van der Waals surface area contributed by atoms with Gasteiger partial charge in [-0.2, -0.15) is 5.26 Å². The van der Waals surface area contributed by atoms with E-state index >= 15 is 0 Å². The van der Waals surface area contributed by atoms with Gasteiger partial charge in [-0.25, -0.2) is 0 Å². The summed E-state index contributed by atoms with van der Waals surface area (Å²) in [4.78, 5) is 4.03. The van der Waals surface area contributed by atoms with Gasteiger partial charge in [-0.05, 0) is 24.5 Å². The Hall–Kier alpha value is -1.40. The van der Waals surface area contributed by atoms with E-state index in [1.54, 1.807) is 6.20 Å². The van der Waals surface area contributed by atoms with Crippen LogP contribution in [0.25, 0.3) is 0 Å². The number of nitrogens with one attached hydrogen (secondary N) is 1. The van der Waals surface area contributed by atoms with Crippen LogP contribution in [0.1, 0.15) is 18.9 Å². The van der Waals surface area contributed by atoms with E-state index in [0.717, 1.165) is 19.4 Å². The van der Waals surface area contributed by atoms with E-state index in [0.29, 0.717) is 0 Å². The number of nitrogens with zero attached hydrogens (tertiary/aromatic N) is 2. The quantitative estimate of drug-likeness (QED) is 0.764. The Morgan fingerprint density at radius 1 is 1.64 bits per heavy atom. The molecule has 1 aromatic heterocycles. The Morgan fingerprint density at radius 3 is 3.07 bits per heavy atom. The van der Waals surface area contributed by atoms with Gasteiger partial charge in [-0.3, -0.25) is 4.98 Å². The van der Waals surface area contributed by atoms with Gasteiger partial charge in [0.2, 0.25) is 0 Å². The molecule has 0 aliphatic heterocycles. The van der Waals surface area contributed by atoms with Gasteiger partial charge in [0.1, 0.15) is 0 Å². The van der Waals surface area contributed by atoms with Gasteiger partial charge in [0.25, 0.3) is 0 Å². The molecule has 0 amide bonds. The third-order valence-corrected chi connectivity index (χ3v) is 2.09. The maximum Gasteiger partial charge on any atom is 0.0950 e. The molecule has 1 aromatic rings. The maximum absolute atomic E-state index is 8.70. The molecule has 3 nitrogen and oxygen atoms in total. The highest BCUT2D eigenvalue weighted by molar-refractivity contribution is 5.08. The summed E-state index contributed by atoms with van der Waals surface area (Å²) in [7, 11) is 0. The predicted molar refractivity (Wildman–Crippen MR) is 55.6 cm³/mol. The number of aromatic nitrogens is 1. The van der Waals surface area contributed by atoms with Gasteiger partial charge in [0.15, 0.2) is 0 Å². The van der Waals surface area contributed by atoms with Gasteiger partial charge in [0, 0.05) is 18.9 Å². The third-order valence-electron chi connectivity index (χ3n) is 2.09. The molecule has 0 aliphatic rings. The van der Waals surface area contributed by atoms with Crippen molar-refractivity contribution in [2.75, 3.05) is 6.54 Å². The molecule has 74 valence electrons. The van der Waals surface area contributed by atoms with E-state index in [4.69, 9.17) is 5.26 Å². The van der Waals surface area contributed by atoms with Crippen LogP contribution < -0.4 is 5.32 Å². The molecule has 3 heteroatoms. The van der Waals surface area contributed by atoms with Gasteiger partial charge >= 0.3 is 0 Å². The highest BCUT2D eigenvalue weighted by Gasteiger charge is 2.01. The first-order valence-corrected chi connectivity index (χ1v) is 4.88. The number of nitriles is 1. The van der Waals surface area contributed by atoms with Gasteiger partial charge in [-0.15, -0.1) is 0 Å². The maximum atomic E-state index is 8.70. The van der Waals surface area contributed by atoms with Crippen LogP contribution in [0.5, 0.6) is 0 Å². The molecule has 1 rings (SSSR count). The van der Waals surface area contributed by atoms with Crippen LogP contribution >= 0.6 is 0 Å². The van der Waals surface area contributed by atoms with Crippen LogP contribution in [0, 0.1) is 11.3 Å². The molecule has 1 unspecified atom stereocenters. The highest BCUT2D eigenvalue weighted by atomic mass is 14.9. The normalized spacial score (nSPS) is 12.0. The topological polar surface area (TPSA) is 48.7 Å². The zero-order valence-corrected chi connectivity index (χ0v) is 8.40. The van der Waals surface area contributed by atoms with Crippen LogP contribution in [0.2, 0.25) is 0 Å². The average molecular weight is 189 g/mol.